The van der Waals surface area contributed by atoms with Crippen LogP contribution in [0.5, 0.6) is 0 Å². The standard InChI is InChI=1S/C10H20O2.2C4H6O2/c1-2-10(7-11,8-12)9-5-3-4-6-9;2*1-3(2)4(5)6/h9,11-12H,2-8H2,1H3;2*1H2,2H3,(H,5,6). The van der Waals surface area contributed by atoms with E-state index in [-0.39, 0.29) is 29.8 Å². The van der Waals surface area contributed by atoms with E-state index in [2.05, 4.69) is 20.1 Å². The van der Waals surface area contributed by atoms with E-state index < -0.39 is 11.9 Å². The molecule has 0 heterocycles. The first-order chi connectivity index (χ1) is 11.1. The van der Waals surface area contributed by atoms with E-state index >= 15 is 0 Å². The molecule has 24 heavy (non-hydrogen) atoms. The third-order valence-electron chi connectivity index (χ3n) is 4.29. The van der Waals surface area contributed by atoms with E-state index in [9.17, 15) is 19.8 Å². The van der Waals surface area contributed by atoms with Crippen LogP contribution in [0.2, 0.25) is 0 Å². The Bertz CT molecular complexity index is 361. The number of aliphatic hydroxyl groups excluding tert-OH is 2. The van der Waals surface area contributed by atoms with Crippen molar-refractivity contribution in [1.29, 1.82) is 0 Å². The van der Waals surface area contributed by atoms with Gasteiger partial charge in [-0.3, -0.25) is 0 Å². The second kappa shape index (κ2) is 12.7. The van der Waals surface area contributed by atoms with Crippen LogP contribution in [0.25, 0.3) is 0 Å². The molecule has 0 spiro atoms. The lowest BCUT2D eigenvalue weighted by Gasteiger charge is -2.34. The van der Waals surface area contributed by atoms with Crippen molar-refractivity contribution in [2.75, 3.05) is 13.2 Å². The van der Waals surface area contributed by atoms with Crippen LogP contribution in [-0.4, -0.2) is 45.6 Å². The number of carbonyl (C=O) groups is 2. The topological polar surface area (TPSA) is 115 Å². The van der Waals surface area contributed by atoms with Gasteiger partial charge in [0.2, 0.25) is 0 Å². The fourth-order valence-electron chi connectivity index (χ4n) is 2.36. The predicted octanol–water partition coefficient (Wildman–Crippen LogP) is 2.85. The van der Waals surface area contributed by atoms with Crippen LogP contribution in [-0.2, 0) is 9.59 Å². The van der Waals surface area contributed by atoms with Crippen LogP contribution in [0, 0.1) is 11.3 Å². The predicted molar refractivity (Wildman–Crippen MR) is 93.8 cm³/mol. The van der Waals surface area contributed by atoms with Gasteiger partial charge in [0.25, 0.3) is 0 Å². The highest BCUT2D eigenvalue weighted by Crippen LogP contribution is 2.41. The molecule has 1 fully saturated rings. The Morgan fingerprint density at radius 1 is 0.958 bits per heavy atom. The van der Waals surface area contributed by atoms with Crippen molar-refractivity contribution in [1.82, 2.24) is 0 Å². The Morgan fingerprint density at radius 2 is 1.25 bits per heavy atom. The summed E-state index contributed by atoms with van der Waals surface area (Å²) in [6.07, 6.45) is 5.81. The van der Waals surface area contributed by atoms with Crippen molar-refractivity contribution in [3.63, 3.8) is 0 Å². The quantitative estimate of drug-likeness (QED) is 0.551. The SMILES string of the molecule is C=C(C)C(=O)O.C=C(C)C(=O)O.CCC(CO)(CO)C1CCCC1. The molecule has 0 aromatic heterocycles. The van der Waals surface area contributed by atoms with Gasteiger partial charge in [0.15, 0.2) is 0 Å². The summed E-state index contributed by atoms with van der Waals surface area (Å²) in [5.41, 5.74) is 0.168. The van der Waals surface area contributed by atoms with Crippen molar-refractivity contribution in [2.24, 2.45) is 11.3 Å². The highest BCUT2D eigenvalue weighted by molar-refractivity contribution is 5.85. The van der Waals surface area contributed by atoms with Crippen LogP contribution < -0.4 is 0 Å². The maximum Gasteiger partial charge on any atom is 0.330 e. The molecule has 0 atom stereocenters. The molecule has 0 saturated heterocycles. The lowest BCUT2D eigenvalue weighted by molar-refractivity contribution is -0.133. The number of carboxylic acids is 2. The maximum absolute atomic E-state index is 9.60. The number of rotatable bonds is 6. The third-order valence-corrected chi connectivity index (χ3v) is 4.29. The summed E-state index contributed by atoms with van der Waals surface area (Å²) in [6.45, 7) is 11.6. The van der Waals surface area contributed by atoms with E-state index in [0.29, 0.717) is 5.92 Å². The molecule has 0 aromatic carbocycles. The average Bonchev–Trinajstić information content (AvgIpc) is 3.05. The molecular weight excluding hydrogens is 312 g/mol. The lowest BCUT2D eigenvalue weighted by atomic mass is 9.73. The van der Waals surface area contributed by atoms with Crippen LogP contribution in [0.15, 0.2) is 24.3 Å². The molecule has 1 rings (SSSR count). The van der Waals surface area contributed by atoms with Crippen molar-refractivity contribution in [3.05, 3.63) is 24.3 Å². The minimum Gasteiger partial charge on any atom is -0.478 e. The van der Waals surface area contributed by atoms with Crippen LogP contribution in [0.3, 0.4) is 0 Å². The number of carboxylic acid groups (broad SMARTS) is 2. The second-order valence-electron chi connectivity index (χ2n) is 6.18. The maximum atomic E-state index is 9.60. The molecule has 6 heteroatoms. The highest BCUT2D eigenvalue weighted by atomic mass is 16.4. The van der Waals surface area contributed by atoms with Gasteiger partial charge in [-0.1, -0.05) is 32.9 Å². The fourth-order valence-corrected chi connectivity index (χ4v) is 2.36. The summed E-state index contributed by atoms with van der Waals surface area (Å²) in [6, 6.07) is 0. The first-order valence-electron chi connectivity index (χ1n) is 8.07. The van der Waals surface area contributed by atoms with E-state index in [1.54, 1.807) is 0 Å². The second-order valence-corrected chi connectivity index (χ2v) is 6.18. The number of aliphatic hydroxyl groups is 2. The average molecular weight is 344 g/mol. The lowest BCUT2D eigenvalue weighted by Crippen LogP contribution is -2.36. The molecular formula is C18H32O6. The Morgan fingerprint density at radius 3 is 1.42 bits per heavy atom. The van der Waals surface area contributed by atoms with Gasteiger partial charge in [-0.05, 0) is 39.0 Å². The van der Waals surface area contributed by atoms with Crippen LogP contribution in [0.1, 0.15) is 52.9 Å². The largest absolute Gasteiger partial charge is 0.478 e. The molecule has 1 aliphatic rings. The zero-order valence-electron chi connectivity index (χ0n) is 15.0. The van der Waals surface area contributed by atoms with Gasteiger partial charge in [-0.15, -0.1) is 0 Å². The molecule has 6 nitrogen and oxygen atoms in total. The molecule has 0 aromatic rings. The van der Waals surface area contributed by atoms with Gasteiger partial charge in [-0.25, -0.2) is 9.59 Å². The molecule has 0 unspecified atom stereocenters. The third kappa shape index (κ3) is 9.47. The van der Waals surface area contributed by atoms with Crippen molar-refractivity contribution in [2.45, 2.75) is 52.9 Å². The van der Waals surface area contributed by atoms with Gasteiger partial charge in [-0.2, -0.15) is 0 Å². The Balaban J connectivity index is 0. The molecule has 1 saturated carbocycles. The summed E-state index contributed by atoms with van der Waals surface area (Å²) in [7, 11) is 0. The van der Waals surface area contributed by atoms with Crippen LogP contribution in [0.4, 0.5) is 0 Å². The van der Waals surface area contributed by atoms with Gasteiger partial charge >= 0.3 is 11.9 Å². The molecule has 0 aliphatic heterocycles. The smallest absolute Gasteiger partial charge is 0.330 e. The normalized spacial score (nSPS) is 13.9. The zero-order valence-corrected chi connectivity index (χ0v) is 15.0. The molecule has 0 bridgehead atoms. The Kier molecular flexibility index (Phi) is 13.0. The molecule has 0 radical (unpaired) electrons. The van der Waals surface area contributed by atoms with E-state index in [1.165, 1.54) is 39.5 Å². The van der Waals surface area contributed by atoms with Gasteiger partial charge in [0, 0.05) is 16.6 Å². The summed E-state index contributed by atoms with van der Waals surface area (Å²) >= 11 is 0. The van der Waals surface area contributed by atoms with Gasteiger partial charge in [0.05, 0.1) is 13.2 Å². The van der Waals surface area contributed by atoms with Gasteiger partial charge in [0.1, 0.15) is 0 Å². The van der Waals surface area contributed by atoms with Crippen LogP contribution >= 0.6 is 0 Å². The minimum atomic E-state index is -0.935. The molecule has 1 aliphatic carbocycles. The molecule has 140 valence electrons. The summed E-state index contributed by atoms with van der Waals surface area (Å²) in [4.78, 5) is 19.2. The molecule has 0 amide bonds. The molecule has 4 N–H and O–H groups in total. The monoisotopic (exact) mass is 344 g/mol. The number of hydrogen-bond acceptors (Lipinski definition) is 4. The first-order valence-corrected chi connectivity index (χ1v) is 8.07. The summed E-state index contributed by atoms with van der Waals surface area (Å²) in [5.74, 6) is -1.32. The van der Waals surface area contributed by atoms with Crippen molar-refractivity contribution < 1.29 is 30.0 Å². The Hall–Kier alpha value is -1.66. The summed E-state index contributed by atoms with van der Waals surface area (Å²) < 4.78 is 0. The first kappa shape index (κ1) is 24.6. The highest BCUT2D eigenvalue weighted by Gasteiger charge is 2.37. The Labute approximate surface area is 144 Å². The van der Waals surface area contributed by atoms with E-state index in [4.69, 9.17) is 10.2 Å². The van der Waals surface area contributed by atoms with Gasteiger partial charge < -0.3 is 20.4 Å². The number of hydrogen-bond donors (Lipinski definition) is 4. The number of aliphatic carboxylic acids is 2. The van der Waals surface area contributed by atoms with Crippen molar-refractivity contribution in [3.8, 4) is 0 Å². The van der Waals surface area contributed by atoms with E-state index in [0.717, 1.165) is 6.42 Å². The summed E-state index contributed by atoms with van der Waals surface area (Å²) in [5, 5.41) is 34.3. The van der Waals surface area contributed by atoms with E-state index in [1.807, 2.05) is 0 Å². The zero-order chi connectivity index (χ0) is 19.3. The van der Waals surface area contributed by atoms with Crippen molar-refractivity contribution >= 4 is 11.9 Å². The fraction of sp³-hybridized carbons (Fsp3) is 0.667. The minimum absolute atomic E-state index is 0.144.